The second-order valence-corrected chi connectivity index (χ2v) is 5.65. The van der Waals surface area contributed by atoms with Crippen LogP contribution in [-0.4, -0.2) is 29.4 Å². The van der Waals surface area contributed by atoms with Gasteiger partial charge in [0.25, 0.3) is 0 Å². The molecule has 1 fully saturated rings. The van der Waals surface area contributed by atoms with E-state index in [4.69, 9.17) is 0 Å². The first kappa shape index (κ1) is 15.8. The van der Waals surface area contributed by atoms with Crippen LogP contribution in [0.25, 0.3) is 0 Å². The lowest BCUT2D eigenvalue weighted by Crippen LogP contribution is -2.37. The molecule has 2 rings (SSSR count). The molecule has 1 N–H and O–H groups in total. The van der Waals surface area contributed by atoms with Crippen molar-refractivity contribution in [3.8, 4) is 0 Å². The lowest BCUT2D eigenvalue weighted by atomic mass is 10.1. The van der Waals surface area contributed by atoms with Crippen molar-refractivity contribution in [3.05, 3.63) is 35.4 Å². The van der Waals surface area contributed by atoms with Crippen LogP contribution < -0.4 is 5.32 Å². The third-order valence-electron chi connectivity index (χ3n) is 3.47. The molecule has 21 heavy (non-hydrogen) atoms. The van der Waals surface area contributed by atoms with Crippen molar-refractivity contribution in [1.29, 1.82) is 0 Å². The summed E-state index contributed by atoms with van der Waals surface area (Å²) in [6, 6.07) is 5.66. The molecular formula is C15H19F3N2O. The van der Waals surface area contributed by atoms with E-state index in [-0.39, 0.29) is 30.1 Å². The summed E-state index contributed by atoms with van der Waals surface area (Å²) in [6.45, 7) is 4.41. The van der Waals surface area contributed by atoms with Crippen molar-refractivity contribution in [2.24, 2.45) is 0 Å². The fraction of sp³-hybridized carbons (Fsp3) is 0.533. The SMILES string of the molecule is CC(C)N[C@H]1CC(=O)N(Cc2ccccc2C(F)(F)F)C1. The van der Waals surface area contributed by atoms with Crippen LogP contribution in [0.3, 0.4) is 0 Å². The van der Waals surface area contributed by atoms with Crippen LogP contribution in [-0.2, 0) is 17.5 Å². The van der Waals surface area contributed by atoms with Gasteiger partial charge in [-0.15, -0.1) is 0 Å². The van der Waals surface area contributed by atoms with Gasteiger partial charge in [-0.3, -0.25) is 4.79 Å². The maximum Gasteiger partial charge on any atom is 0.416 e. The van der Waals surface area contributed by atoms with Crippen LogP contribution in [0, 0.1) is 0 Å². The third kappa shape index (κ3) is 3.97. The van der Waals surface area contributed by atoms with E-state index in [2.05, 4.69) is 5.32 Å². The summed E-state index contributed by atoms with van der Waals surface area (Å²) < 4.78 is 38.9. The zero-order valence-electron chi connectivity index (χ0n) is 12.1. The molecule has 1 aliphatic heterocycles. The Balaban J connectivity index is 2.11. The number of likely N-dealkylation sites (tertiary alicyclic amines) is 1. The predicted octanol–water partition coefficient (Wildman–Crippen LogP) is 2.80. The number of rotatable bonds is 4. The molecule has 0 radical (unpaired) electrons. The number of nitrogens with zero attached hydrogens (tertiary/aromatic N) is 1. The second kappa shape index (κ2) is 6.05. The van der Waals surface area contributed by atoms with E-state index in [0.29, 0.717) is 13.0 Å². The molecule has 1 aromatic carbocycles. The van der Waals surface area contributed by atoms with E-state index in [0.717, 1.165) is 6.07 Å². The Morgan fingerprint density at radius 1 is 1.33 bits per heavy atom. The van der Waals surface area contributed by atoms with E-state index in [9.17, 15) is 18.0 Å². The first-order valence-electron chi connectivity index (χ1n) is 6.96. The second-order valence-electron chi connectivity index (χ2n) is 5.65. The number of halogens is 3. The van der Waals surface area contributed by atoms with E-state index in [1.54, 1.807) is 6.07 Å². The van der Waals surface area contributed by atoms with Gasteiger partial charge >= 0.3 is 6.18 Å². The Morgan fingerprint density at radius 3 is 2.62 bits per heavy atom. The Bertz CT molecular complexity index is 514. The monoisotopic (exact) mass is 300 g/mol. The lowest BCUT2D eigenvalue weighted by Gasteiger charge is -2.20. The van der Waals surface area contributed by atoms with E-state index < -0.39 is 11.7 Å². The Morgan fingerprint density at radius 2 is 2.00 bits per heavy atom. The minimum atomic E-state index is -4.39. The van der Waals surface area contributed by atoms with Crippen molar-refractivity contribution < 1.29 is 18.0 Å². The third-order valence-corrected chi connectivity index (χ3v) is 3.47. The minimum absolute atomic E-state index is 0.00475. The number of benzene rings is 1. The summed E-state index contributed by atoms with van der Waals surface area (Å²) in [5.41, 5.74) is -0.526. The number of hydrogen-bond acceptors (Lipinski definition) is 2. The van der Waals surface area contributed by atoms with Crippen LogP contribution in [0.2, 0.25) is 0 Å². The largest absolute Gasteiger partial charge is 0.416 e. The summed E-state index contributed by atoms with van der Waals surface area (Å²) in [5, 5.41) is 3.25. The number of amides is 1. The number of hydrogen-bond donors (Lipinski definition) is 1. The average molecular weight is 300 g/mol. The summed E-state index contributed by atoms with van der Waals surface area (Å²) in [4.78, 5) is 13.4. The van der Waals surface area contributed by atoms with Gasteiger partial charge in [0.1, 0.15) is 0 Å². The van der Waals surface area contributed by atoms with E-state index in [1.165, 1.54) is 17.0 Å². The van der Waals surface area contributed by atoms with Gasteiger partial charge in [0.05, 0.1) is 5.56 Å². The summed E-state index contributed by atoms with van der Waals surface area (Å²) >= 11 is 0. The summed E-state index contributed by atoms with van der Waals surface area (Å²) in [7, 11) is 0. The van der Waals surface area contributed by atoms with Crippen LogP contribution >= 0.6 is 0 Å². The maximum absolute atomic E-state index is 13.0. The fourth-order valence-electron chi connectivity index (χ4n) is 2.65. The van der Waals surface area contributed by atoms with E-state index in [1.807, 2.05) is 13.8 Å². The molecule has 0 aliphatic carbocycles. The number of alkyl halides is 3. The van der Waals surface area contributed by atoms with E-state index >= 15 is 0 Å². The van der Waals surface area contributed by atoms with Gasteiger partial charge in [-0.2, -0.15) is 13.2 Å². The highest BCUT2D eigenvalue weighted by Crippen LogP contribution is 2.32. The maximum atomic E-state index is 13.0. The zero-order valence-corrected chi connectivity index (χ0v) is 12.1. The molecule has 1 atom stereocenters. The van der Waals surface area contributed by atoms with Gasteiger partial charge in [-0.1, -0.05) is 32.0 Å². The van der Waals surface area contributed by atoms with Gasteiger partial charge in [-0.25, -0.2) is 0 Å². The molecule has 6 heteroatoms. The topological polar surface area (TPSA) is 32.3 Å². The molecule has 1 amide bonds. The molecule has 0 bridgehead atoms. The normalized spacial score (nSPS) is 19.6. The highest BCUT2D eigenvalue weighted by Gasteiger charge is 2.35. The predicted molar refractivity (Wildman–Crippen MR) is 73.5 cm³/mol. The lowest BCUT2D eigenvalue weighted by molar-refractivity contribution is -0.139. The van der Waals surface area contributed by atoms with Gasteiger partial charge in [0, 0.05) is 31.6 Å². The van der Waals surface area contributed by atoms with Gasteiger partial charge in [0.15, 0.2) is 0 Å². The van der Waals surface area contributed by atoms with Crippen molar-refractivity contribution in [2.45, 2.75) is 45.1 Å². The van der Waals surface area contributed by atoms with Crippen molar-refractivity contribution in [1.82, 2.24) is 10.2 Å². The van der Waals surface area contributed by atoms with Crippen LogP contribution in [0.4, 0.5) is 13.2 Å². The quantitative estimate of drug-likeness (QED) is 0.927. The fourth-order valence-corrected chi connectivity index (χ4v) is 2.65. The molecule has 1 saturated heterocycles. The Labute approximate surface area is 122 Å². The molecule has 1 aliphatic rings. The zero-order chi connectivity index (χ0) is 15.6. The Hall–Kier alpha value is -1.56. The highest BCUT2D eigenvalue weighted by molar-refractivity contribution is 5.79. The Kier molecular flexibility index (Phi) is 4.56. The molecule has 116 valence electrons. The van der Waals surface area contributed by atoms with Crippen LogP contribution in [0.5, 0.6) is 0 Å². The number of carbonyl (C=O) groups excluding carboxylic acids is 1. The summed E-state index contributed by atoms with van der Waals surface area (Å²) in [5.74, 6) is -0.106. The molecule has 0 aromatic heterocycles. The van der Waals surface area contributed by atoms with Crippen molar-refractivity contribution >= 4 is 5.91 Å². The molecule has 1 aromatic rings. The van der Waals surface area contributed by atoms with Gasteiger partial charge in [-0.05, 0) is 11.6 Å². The molecular weight excluding hydrogens is 281 g/mol. The van der Waals surface area contributed by atoms with Crippen molar-refractivity contribution in [3.63, 3.8) is 0 Å². The number of nitrogens with one attached hydrogen (secondary N) is 1. The number of carbonyl (C=O) groups is 1. The van der Waals surface area contributed by atoms with Crippen LogP contribution in [0.15, 0.2) is 24.3 Å². The first-order valence-corrected chi connectivity index (χ1v) is 6.96. The molecule has 0 unspecified atom stereocenters. The highest BCUT2D eigenvalue weighted by atomic mass is 19.4. The smallest absolute Gasteiger partial charge is 0.337 e. The molecule has 0 spiro atoms. The molecule has 1 heterocycles. The summed E-state index contributed by atoms with van der Waals surface area (Å²) in [6.07, 6.45) is -4.05. The first-order chi connectivity index (χ1) is 9.77. The minimum Gasteiger partial charge on any atom is -0.337 e. The molecule has 0 saturated carbocycles. The van der Waals surface area contributed by atoms with Gasteiger partial charge < -0.3 is 10.2 Å². The standard InChI is InChI=1S/C15H19F3N2O/c1-10(2)19-12-7-14(21)20(9-12)8-11-5-3-4-6-13(11)15(16,17)18/h3-6,10,12,19H,7-9H2,1-2H3/t12-/m0/s1. The van der Waals surface area contributed by atoms with Gasteiger partial charge in [0.2, 0.25) is 5.91 Å². The molecule has 3 nitrogen and oxygen atoms in total. The van der Waals surface area contributed by atoms with Crippen LogP contribution in [0.1, 0.15) is 31.4 Å². The van der Waals surface area contributed by atoms with Crippen molar-refractivity contribution in [2.75, 3.05) is 6.54 Å². The average Bonchev–Trinajstić information content (AvgIpc) is 2.68.